The SMILES string of the molecule is CCCCNCC(C)C(C)CN(CC(C)(C)C)C(=O)OC(C)(C)C. The molecular formula is C20H42N2O2. The highest BCUT2D eigenvalue weighted by molar-refractivity contribution is 5.68. The Balaban J connectivity index is 4.70. The maximum absolute atomic E-state index is 12.6. The van der Waals surface area contributed by atoms with E-state index in [0.717, 1.165) is 19.6 Å². The van der Waals surface area contributed by atoms with Crippen molar-refractivity contribution < 1.29 is 9.53 Å². The van der Waals surface area contributed by atoms with Gasteiger partial charge in [-0.2, -0.15) is 0 Å². The number of nitrogens with zero attached hydrogens (tertiary/aromatic N) is 1. The molecule has 0 rings (SSSR count). The normalized spacial score (nSPS) is 15.0. The number of hydrogen-bond acceptors (Lipinski definition) is 3. The van der Waals surface area contributed by atoms with Gasteiger partial charge < -0.3 is 15.0 Å². The van der Waals surface area contributed by atoms with E-state index in [2.05, 4.69) is 46.9 Å². The first kappa shape index (κ1) is 23.2. The molecule has 0 heterocycles. The number of carbonyl (C=O) groups excluding carboxylic acids is 1. The molecule has 0 bridgehead atoms. The summed E-state index contributed by atoms with van der Waals surface area (Å²) in [5, 5.41) is 3.52. The number of unbranched alkanes of at least 4 members (excludes halogenated alkanes) is 1. The van der Waals surface area contributed by atoms with Crippen LogP contribution in [0.2, 0.25) is 0 Å². The van der Waals surface area contributed by atoms with Crippen LogP contribution in [0.3, 0.4) is 0 Å². The molecule has 0 fully saturated rings. The number of hydrogen-bond donors (Lipinski definition) is 1. The highest BCUT2D eigenvalue weighted by Crippen LogP contribution is 2.21. The molecule has 24 heavy (non-hydrogen) atoms. The van der Waals surface area contributed by atoms with Gasteiger partial charge in [0.2, 0.25) is 0 Å². The average molecular weight is 343 g/mol. The van der Waals surface area contributed by atoms with Crippen LogP contribution in [0.5, 0.6) is 0 Å². The van der Waals surface area contributed by atoms with E-state index in [0.29, 0.717) is 18.4 Å². The van der Waals surface area contributed by atoms with E-state index in [1.54, 1.807) is 0 Å². The van der Waals surface area contributed by atoms with Crippen LogP contribution in [-0.2, 0) is 4.74 Å². The van der Waals surface area contributed by atoms with Crippen LogP contribution in [-0.4, -0.2) is 42.8 Å². The van der Waals surface area contributed by atoms with Gasteiger partial charge in [0.25, 0.3) is 0 Å². The molecule has 0 aromatic carbocycles. The first-order valence-corrected chi connectivity index (χ1v) is 9.54. The van der Waals surface area contributed by atoms with Crippen LogP contribution in [0.1, 0.15) is 75.2 Å². The Labute approximate surface area is 150 Å². The van der Waals surface area contributed by atoms with Gasteiger partial charge in [0, 0.05) is 13.1 Å². The van der Waals surface area contributed by atoms with Crippen molar-refractivity contribution in [2.75, 3.05) is 26.2 Å². The second-order valence-electron chi connectivity index (χ2n) is 9.43. The smallest absolute Gasteiger partial charge is 0.410 e. The molecule has 0 aromatic rings. The van der Waals surface area contributed by atoms with E-state index in [1.165, 1.54) is 12.8 Å². The van der Waals surface area contributed by atoms with Gasteiger partial charge in [-0.15, -0.1) is 0 Å². The molecule has 0 radical (unpaired) electrons. The summed E-state index contributed by atoms with van der Waals surface area (Å²) in [4.78, 5) is 14.5. The van der Waals surface area contributed by atoms with E-state index in [4.69, 9.17) is 4.74 Å². The van der Waals surface area contributed by atoms with Gasteiger partial charge in [-0.1, -0.05) is 48.0 Å². The third-order valence-corrected chi connectivity index (χ3v) is 3.97. The summed E-state index contributed by atoms with van der Waals surface area (Å²) in [5.41, 5.74) is -0.400. The molecule has 0 aromatic heterocycles. The number of nitrogens with one attached hydrogen (secondary N) is 1. The molecule has 4 nitrogen and oxygen atoms in total. The zero-order valence-corrected chi connectivity index (χ0v) is 17.7. The lowest BCUT2D eigenvalue weighted by Crippen LogP contribution is -2.44. The third-order valence-electron chi connectivity index (χ3n) is 3.97. The van der Waals surface area contributed by atoms with Crippen molar-refractivity contribution in [3.63, 3.8) is 0 Å². The number of rotatable bonds is 9. The Morgan fingerprint density at radius 2 is 1.67 bits per heavy atom. The van der Waals surface area contributed by atoms with Gasteiger partial charge in [-0.25, -0.2) is 4.79 Å². The van der Waals surface area contributed by atoms with Crippen molar-refractivity contribution in [2.45, 2.75) is 80.8 Å². The number of carbonyl (C=O) groups is 1. The van der Waals surface area contributed by atoms with Crippen LogP contribution in [0.4, 0.5) is 4.79 Å². The molecule has 144 valence electrons. The van der Waals surface area contributed by atoms with Crippen molar-refractivity contribution in [1.29, 1.82) is 0 Å². The zero-order valence-electron chi connectivity index (χ0n) is 17.7. The predicted molar refractivity (Wildman–Crippen MR) is 103 cm³/mol. The lowest BCUT2D eigenvalue weighted by Gasteiger charge is -2.35. The Hall–Kier alpha value is -0.770. The molecular weight excluding hydrogens is 300 g/mol. The van der Waals surface area contributed by atoms with Crippen LogP contribution in [0.15, 0.2) is 0 Å². The highest BCUT2D eigenvalue weighted by Gasteiger charge is 2.28. The topological polar surface area (TPSA) is 41.6 Å². The molecule has 0 aliphatic heterocycles. The van der Waals surface area contributed by atoms with Crippen LogP contribution in [0.25, 0.3) is 0 Å². The summed E-state index contributed by atoms with van der Waals surface area (Å²) in [6.07, 6.45) is 2.24. The van der Waals surface area contributed by atoms with E-state index >= 15 is 0 Å². The highest BCUT2D eigenvalue weighted by atomic mass is 16.6. The Morgan fingerprint density at radius 1 is 1.08 bits per heavy atom. The minimum absolute atomic E-state index is 0.0548. The lowest BCUT2D eigenvalue weighted by molar-refractivity contribution is 0.0142. The van der Waals surface area contributed by atoms with Crippen molar-refractivity contribution in [1.82, 2.24) is 10.2 Å². The van der Waals surface area contributed by atoms with Crippen molar-refractivity contribution in [3.8, 4) is 0 Å². The monoisotopic (exact) mass is 342 g/mol. The van der Waals surface area contributed by atoms with Crippen LogP contribution in [0, 0.1) is 17.3 Å². The molecule has 1 N–H and O–H groups in total. The molecule has 0 spiro atoms. The Kier molecular flexibility index (Phi) is 9.94. The van der Waals surface area contributed by atoms with Crippen LogP contribution < -0.4 is 5.32 Å². The Morgan fingerprint density at radius 3 is 2.12 bits per heavy atom. The van der Waals surface area contributed by atoms with Crippen molar-refractivity contribution >= 4 is 6.09 Å². The summed E-state index contributed by atoms with van der Waals surface area (Å²) < 4.78 is 5.61. The van der Waals surface area contributed by atoms with Crippen LogP contribution >= 0.6 is 0 Å². The summed E-state index contributed by atoms with van der Waals surface area (Å²) in [7, 11) is 0. The van der Waals surface area contributed by atoms with Gasteiger partial charge in [0.15, 0.2) is 0 Å². The fourth-order valence-electron chi connectivity index (χ4n) is 2.46. The second-order valence-corrected chi connectivity index (χ2v) is 9.43. The maximum Gasteiger partial charge on any atom is 0.410 e. The third kappa shape index (κ3) is 11.7. The minimum Gasteiger partial charge on any atom is -0.444 e. The van der Waals surface area contributed by atoms with Crippen molar-refractivity contribution in [3.05, 3.63) is 0 Å². The largest absolute Gasteiger partial charge is 0.444 e. The lowest BCUT2D eigenvalue weighted by atomic mass is 9.92. The average Bonchev–Trinajstić information content (AvgIpc) is 2.39. The maximum atomic E-state index is 12.6. The fourth-order valence-corrected chi connectivity index (χ4v) is 2.46. The first-order chi connectivity index (χ1) is 10.9. The molecule has 2 unspecified atom stereocenters. The quantitative estimate of drug-likeness (QED) is 0.604. The fraction of sp³-hybridized carbons (Fsp3) is 0.950. The van der Waals surface area contributed by atoms with Gasteiger partial charge in [-0.05, 0) is 57.5 Å². The Bertz CT molecular complexity index is 356. The van der Waals surface area contributed by atoms with Gasteiger partial charge in [0.1, 0.15) is 5.60 Å². The molecule has 0 saturated carbocycles. The predicted octanol–water partition coefficient (Wildman–Crippen LogP) is 4.93. The second kappa shape index (κ2) is 10.3. The van der Waals surface area contributed by atoms with Gasteiger partial charge in [0.05, 0.1) is 0 Å². The van der Waals surface area contributed by atoms with E-state index in [-0.39, 0.29) is 11.5 Å². The summed E-state index contributed by atoms with van der Waals surface area (Å²) in [6, 6.07) is 0. The number of ether oxygens (including phenoxy) is 1. The molecule has 0 saturated heterocycles. The molecule has 4 heteroatoms. The molecule has 2 atom stereocenters. The zero-order chi connectivity index (χ0) is 19.0. The molecule has 1 amide bonds. The van der Waals surface area contributed by atoms with Gasteiger partial charge in [-0.3, -0.25) is 0 Å². The number of amides is 1. The van der Waals surface area contributed by atoms with Gasteiger partial charge >= 0.3 is 6.09 Å². The van der Waals surface area contributed by atoms with Crippen molar-refractivity contribution in [2.24, 2.45) is 17.3 Å². The summed E-state index contributed by atoms with van der Waals surface area (Å²) in [6.45, 7) is 22.5. The summed E-state index contributed by atoms with van der Waals surface area (Å²) in [5.74, 6) is 0.945. The molecule has 0 aliphatic carbocycles. The summed E-state index contributed by atoms with van der Waals surface area (Å²) >= 11 is 0. The standard InChI is InChI=1S/C20H42N2O2/c1-10-11-12-21-13-16(2)17(3)14-22(15-19(4,5)6)18(23)24-20(7,8)9/h16-17,21H,10-15H2,1-9H3. The van der Waals surface area contributed by atoms with E-state index in [9.17, 15) is 4.79 Å². The molecule has 0 aliphatic rings. The van der Waals surface area contributed by atoms with E-state index in [1.807, 2.05) is 25.7 Å². The van der Waals surface area contributed by atoms with E-state index < -0.39 is 5.60 Å². The first-order valence-electron chi connectivity index (χ1n) is 9.54. The minimum atomic E-state index is -0.455.